The van der Waals surface area contributed by atoms with Gasteiger partial charge in [-0.1, -0.05) is 6.07 Å². The van der Waals surface area contributed by atoms with Gasteiger partial charge in [-0.2, -0.15) is 5.10 Å². The molecule has 0 radical (unpaired) electrons. The van der Waals surface area contributed by atoms with E-state index in [1.54, 1.807) is 17.1 Å². The first-order valence-corrected chi connectivity index (χ1v) is 9.00. The molecule has 1 fully saturated rings. The molecule has 0 saturated heterocycles. The number of pyridine rings is 1. The number of carbonyl (C=O) groups is 1. The Morgan fingerprint density at radius 1 is 1.20 bits per heavy atom. The van der Waals surface area contributed by atoms with Crippen molar-refractivity contribution in [3.63, 3.8) is 0 Å². The predicted octanol–water partition coefficient (Wildman–Crippen LogP) is 3.83. The number of carbonyl (C=O) groups excluding carboxylic acids is 1. The van der Waals surface area contributed by atoms with Crippen LogP contribution in [0.5, 0.6) is 0 Å². The largest absolute Gasteiger partial charge is 0.331 e. The summed E-state index contributed by atoms with van der Waals surface area (Å²) in [7, 11) is 0. The molecule has 0 N–H and O–H groups in total. The van der Waals surface area contributed by atoms with Gasteiger partial charge in [-0.25, -0.2) is 4.68 Å². The maximum absolute atomic E-state index is 13.0. The second kappa shape index (κ2) is 6.80. The first kappa shape index (κ1) is 16.0. The third-order valence-corrected chi connectivity index (χ3v) is 4.66. The number of nitrogens with zero attached hydrogens (tertiary/aromatic N) is 4. The summed E-state index contributed by atoms with van der Waals surface area (Å²) in [5.74, 6) is 0.0690. The Morgan fingerprint density at radius 3 is 2.60 bits per heavy atom. The van der Waals surface area contributed by atoms with E-state index in [4.69, 9.17) is 0 Å². The lowest BCUT2D eigenvalue weighted by molar-refractivity contribution is 0.0730. The molecule has 1 aromatic carbocycles. The van der Waals surface area contributed by atoms with E-state index >= 15 is 0 Å². The van der Waals surface area contributed by atoms with Crippen LogP contribution in [0.2, 0.25) is 0 Å². The van der Waals surface area contributed by atoms with Crippen molar-refractivity contribution in [2.24, 2.45) is 0 Å². The summed E-state index contributed by atoms with van der Waals surface area (Å²) in [5, 5.41) is 4.26. The molecule has 1 aliphatic rings. The molecule has 0 atom stereocenters. The van der Waals surface area contributed by atoms with Crippen LogP contribution in [0.4, 0.5) is 0 Å². The highest BCUT2D eigenvalue weighted by Crippen LogP contribution is 2.30. The van der Waals surface area contributed by atoms with Gasteiger partial charge in [0.05, 0.1) is 16.4 Å². The van der Waals surface area contributed by atoms with Crippen molar-refractivity contribution in [3.8, 4) is 5.69 Å². The number of hydrogen-bond acceptors (Lipinski definition) is 3. The van der Waals surface area contributed by atoms with Crippen LogP contribution in [0.1, 0.15) is 28.8 Å². The molecular formula is C19H17BrN4O. The molecule has 3 aromatic rings. The van der Waals surface area contributed by atoms with Crippen LogP contribution in [0, 0.1) is 0 Å². The highest BCUT2D eigenvalue weighted by molar-refractivity contribution is 9.10. The van der Waals surface area contributed by atoms with Crippen LogP contribution in [0.3, 0.4) is 0 Å². The fraction of sp³-hybridized carbons (Fsp3) is 0.211. The van der Waals surface area contributed by atoms with Gasteiger partial charge in [0, 0.05) is 36.7 Å². The summed E-state index contributed by atoms with van der Waals surface area (Å²) in [6.07, 6.45) is 9.34. The lowest BCUT2D eigenvalue weighted by Crippen LogP contribution is -2.32. The SMILES string of the molecule is O=C(c1ccc(-n2cc(Br)cn2)cc1)N(Cc1cccnc1)C1CC1. The van der Waals surface area contributed by atoms with Crippen LogP contribution < -0.4 is 0 Å². The van der Waals surface area contributed by atoms with Crippen molar-refractivity contribution in [1.29, 1.82) is 0 Å². The summed E-state index contributed by atoms with van der Waals surface area (Å²) in [4.78, 5) is 19.1. The molecule has 1 aliphatic carbocycles. The van der Waals surface area contributed by atoms with Crippen LogP contribution in [0.25, 0.3) is 5.69 Å². The van der Waals surface area contributed by atoms with E-state index in [9.17, 15) is 4.79 Å². The van der Waals surface area contributed by atoms with Crippen molar-refractivity contribution in [2.75, 3.05) is 0 Å². The van der Waals surface area contributed by atoms with Crippen molar-refractivity contribution in [2.45, 2.75) is 25.4 Å². The third-order valence-electron chi connectivity index (χ3n) is 4.25. The summed E-state index contributed by atoms with van der Waals surface area (Å²) in [5.41, 5.74) is 2.68. The minimum Gasteiger partial charge on any atom is -0.331 e. The molecule has 126 valence electrons. The molecular weight excluding hydrogens is 380 g/mol. The Kier molecular flexibility index (Phi) is 4.36. The molecule has 4 rings (SSSR count). The number of rotatable bonds is 5. The van der Waals surface area contributed by atoms with Gasteiger partial charge in [0.1, 0.15) is 0 Å². The first-order chi connectivity index (χ1) is 12.2. The molecule has 2 aromatic heterocycles. The number of benzene rings is 1. The summed E-state index contributed by atoms with van der Waals surface area (Å²) < 4.78 is 2.69. The summed E-state index contributed by atoms with van der Waals surface area (Å²) in [6.45, 7) is 0.602. The van der Waals surface area contributed by atoms with Gasteiger partial charge >= 0.3 is 0 Å². The Labute approximate surface area is 154 Å². The fourth-order valence-electron chi connectivity index (χ4n) is 2.81. The molecule has 2 heterocycles. The highest BCUT2D eigenvalue weighted by atomic mass is 79.9. The number of halogens is 1. The van der Waals surface area contributed by atoms with Crippen LogP contribution in [0.15, 0.2) is 65.7 Å². The van der Waals surface area contributed by atoms with Crippen LogP contribution in [-0.2, 0) is 6.54 Å². The molecule has 0 bridgehead atoms. The predicted molar refractivity (Wildman–Crippen MR) is 98.4 cm³/mol. The molecule has 0 spiro atoms. The first-order valence-electron chi connectivity index (χ1n) is 8.21. The molecule has 1 saturated carbocycles. The minimum absolute atomic E-state index is 0.0690. The van der Waals surface area contributed by atoms with Gasteiger partial charge < -0.3 is 4.90 Å². The maximum Gasteiger partial charge on any atom is 0.254 e. The van der Waals surface area contributed by atoms with Crippen molar-refractivity contribution < 1.29 is 4.79 Å². The quantitative estimate of drug-likeness (QED) is 0.658. The standard InChI is InChI=1S/C19H17BrN4O/c20-16-11-22-24(13-16)18-5-3-15(4-6-18)19(25)23(17-7-8-17)12-14-2-1-9-21-10-14/h1-6,9-11,13,17H,7-8,12H2. The molecule has 5 nitrogen and oxygen atoms in total. The molecule has 25 heavy (non-hydrogen) atoms. The van der Waals surface area contributed by atoms with E-state index in [1.165, 1.54) is 0 Å². The normalized spacial score (nSPS) is 13.6. The van der Waals surface area contributed by atoms with Crippen molar-refractivity contribution in [1.82, 2.24) is 19.7 Å². The van der Waals surface area contributed by atoms with Crippen molar-refractivity contribution in [3.05, 3.63) is 76.8 Å². The van der Waals surface area contributed by atoms with Crippen molar-refractivity contribution >= 4 is 21.8 Å². The summed E-state index contributed by atoms with van der Waals surface area (Å²) >= 11 is 3.39. The average Bonchev–Trinajstić information content (AvgIpc) is 3.40. The molecule has 0 unspecified atom stereocenters. The molecule has 1 amide bonds. The van der Waals surface area contributed by atoms with Gasteiger partial charge in [0.15, 0.2) is 0 Å². The van der Waals surface area contributed by atoms with E-state index in [0.29, 0.717) is 18.2 Å². The Morgan fingerprint density at radius 2 is 2.00 bits per heavy atom. The van der Waals surface area contributed by atoms with Crippen LogP contribution in [-0.4, -0.2) is 31.6 Å². The van der Waals surface area contributed by atoms with E-state index in [1.807, 2.05) is 53.7 Å². The Hall–Kier alpha value is -2.47. The van der Waals surface area contributed by atoms with Gasteiger partial charge in [0.2, 0.25) is 0 Å². The van der Waals surface area contributed by atoms with Gasteiger partial charge in [0.25, 0.3) is 5.91 Å². The van der Waals surface area contributed by atoms with Gasteiger partial charge in [-0.15, -0.1) is 0 Å². The zero-order valence-corrected chi connectivity index (χ0v) is 15.1. The topological polar surface area (TPSA) is 51.0 Å². The summed E-state index contributed by atoms with van der Waals surface area (Å²) in [6, 6.07) is 11.8. The van der Waals surface area contributed by atoms with Crippen LogP contribution >= 0.6 is 15.9 Å². The smallest absolute Gasteiger partial charge is 0.254 e. The lowest BCUT2D eigenvalue weighted by atomic mass is 10.1. The monoisotopic (exact) mass is 396 g/mol. The second-order valence-electron chi connectivity index (χ2n) is 6.18. The third kappa shape index (κ3) is 3.64. The van der Waals surface area contributed by atoms with Gasteiger partial charge in [-0.05, 0) is 64.7 Å². The minimum atomic E-state index is 0.0690. The highest BCUT2D eigenvalue weighted by Gasteiger charge is 2.33. The molecule has 6 heteroatoms. The maximum atomic E-state index is 13.0. The Bertz CT molecular complexity index is 872. The fourth-order valence-corrected chi connectivity index (χ4v) is 3.09. The Balaban J connectivity index is 1.54. The number of amides is 1. The molecule has 0 aliphatic heterocycles. The number of hydrogen-bond donors (Lipinski definition) is 0. The van der Waals surface area contributed by atoms with Gasteiger partial charge in [-0.3, -0.25) is 9.78 Å². The number of aromatic nitrogens is 3. The van der Waals surface area contributed by atoms with E-state index in [2.05, 4.69) is 26.0 Å². The van der Waals surface area contributed by atoms with E-state index in [-0.39, 0.29) is 5.91 Å². The zero-order chi connectivity index (χ0) is 17.2. The average molecular weight is 397 g/mol. The lowest BCUT2D eigenvalue weighted by Gasteiger charge is -2.22. The second-order valence-corrected chi connectivity index (χ2v) is 7.09. The zero-order valence-electron chi connectivity index (χ0n) is 13.5. The van der Waals surface area contributed by atoms with E-state index in [0.717, 1.165) is 28.6 Å². The van der Waals surface area contributed by atoms with E-state index < -0.39 is 0 Å².